The molecule has 0 aliphatic carbocycles. The third-order valence-corrected chi connectivity index (χ3v) is 4.11. The molecule has 3 N–H and O–H groups in total. The van der Waals surface area contributed by atoms with Gasteiger partial charge in [-0.2, -0.15) is 0 Å². The minimum absolute atomic E-state index is 0.220. The number of amides is 3. The number of nitrogens with one attached hydrogen (secondary N) is 2. The molecule has 0 bridgehead atoms. The summed E-state index contributed by atoms with van der Waals surface area (Å²) < 4.78 is 10.3. The lowest BCUT2D eigenvalue weighted by Gasteiger charge is -2.29. The first-order valence-electron chi connectivity index (χ1n) is 9.36. The van der Waals surface area contributed by atoms with Gasteiger partial charge in [0.1, 0.15) is 6.10 Å². The van der Waals surface area contributed by atoms with Gasteiger partial charge in [0.15, 0.2) is 0 Å². The lowest BCUT2D eigenvalue weighted by atomic mass is 10.1. The summed E-state index contributed by atoms with van der Waals surface area (Å²) in [7, 11) is 0. The predicted octanol–water partition coefficient (Wildman–Crippen LogP) is 2.55. The van der Waals surface area contributed by atoms with Crippen LogP contribution < -0.4 is 10.6 Å². The minimum atomic E-state index is -0.946. The fourth-order valence-electron chi connectivity index (χ4n) is 2.58. The maximum Gasteiger partial charge on any atom is 0.407 e. The molecule has 1 heterocycles. The summed E-state index contributed by atoms with van der Waals surface area (Å²) in [6, 6.07) is 0. The number of hydrogen-bond acceptors (Lipinski definition) is 5. The summed E-state index contributed by atoms with van der Waals surface area (Å²) in [5, 5.41) is 14.1. The molecule has 1 aliphatic heterocycles. The van der Waals surface area contributed by atoms with Gasteiger partial charge in [-0.1, -0.05) is 26.2 Å². The summed E-state index contributed by atoms with van der Waals surface area (Å²) in [5.41, 5.74) is 0. The van der Waals surface area contributed by atoms with Gasteiger partial charge in [-0.15, -0.1) is 0 Å². The molecule has 0 aromatic heterocycles. The van der Waals surface area contributed by atoms with E-state index in [0.29, 0.717) is 45.4 Å². The highest BCUT2D eigenvalue weighted by Crippen LogP contribution is 2.13. The van der Waals surface area contributed by atoms with Crippen molar-refractivity contribution in [2.24, 2.45) is 0 Å². The highest BCUT2D eigenvalue weighted by Gasteiger charge is 2.24. The highest BCUT2D eigenvalue weighted by atomic mass is 16.6. The van der Waals surface area contributed by atoms with Gasteiger partial charge in [-0.05, 0) is 12.8 Å². The van der Waals surface area contributed by atoms with Crippen LogP contribution in [0.3, 0.4) is 0 Å². The van der Waals surface area contributed by atoms with E-state index >= 15 is 0 Å². The number of carbonyl (C=O) groups excluding carboxylic acids is 2. The third-order valence-electron chi connectivity index (χ3n) is 4.11. The normalized spacial score (nSPS) is 14.6. The predicted molar refractivity (Wildman–Crippen MR) is 95.2 cm³/mol. The highest BCUT2D eigenvalue weighted by molar-refractivity contribution is 5.68. The van der Waals surface area contributed by atoms with Crippen LogP contribution in [-0.4, -0.2) is 67.2 Å². The molecule has 1 rings (SSSR count). The van der Waals surface area contributed by atoms with Gasteiger partial charge >= 0.3 is 18.3 Å². The largest absolute Gasteiger partial charge is 0.465 e. The van der Waals surface area contributed by atoms with E-state index in [9.17, 15) is 14.4 Å². The maximum absolute atomic E-state index is 11.7. The molecule has 0 spiro atoms. The van der Waals surface area contributed by atoms with E-state index in [1.165, 1.54) is 4.90 Å². The van der Waals surface area contributed by atoms with E-state index in [1.54, 1.807) is 0 Å². The van der Waals surface area contributed by atoms with Gasteiger partial charge in [0, 0.05) is 39.0 Å². The molecule has 1 saturated heterocycles. The Kier molecular flexibility index (Phi) is 11.0. The maximum atomic E-state index is 11.7. The Bertz CT molecular complexity index is 438. The van der Waals surface area contributed by atoms with Crippen molar-refractivity contribution in [2.75, 3.05) is 32.8 Å². The third kappa shape index (κ3) is 9.95. The smallest absolute Gasteiger partial charge is 0.407 e. The van der Waals surface area contributed by atoms with Crippen molar-refractivity contribution in [2.45, 2.75) is 58.0 Å². The fraction of sp³-hybridized carbons (Fsp3) is 0.824. The zero-order valence-corrected chi connectivity index (χ0v) is 15.5. The molecule has 26 heavy (non-hydrogen) atoms. The molecular weight excluding hydrogens is 342 g/mol. The van der Waals surface area contributed by atoms with Gasteiger partial charge in [0.2, 0.25) is 0 Å². The summed E-state index contributed by atoms with van der Waals surface area (Å²) in [4.78, 5) is 35.2. The van der Waals surface area contributed by atoms with Crippen molar-refractivity contribution in [1.82, 2.24) is 15.5 Å². The number of nitrogens with zero attached hydrogens (tertiary/aromatic N) is 1. The number of likely N-dealkylation sites (tertiary alicyclic amines) is 1. The first-order chi connectivity index (χ1) is 12.5. The van der Waals surface area contributed by atoms with E-state index < -0.39 is 18.3 Å². The van der Waals surface area contributed by atoms with Crippen LogP contribution in [0.25, 0.3) is 0 Å². The molecule has 9 heteroatoms. The van der Waals surface area contributed by atoms with Crippen LogP contribution in [0, 0.1) is 0 Å². The van der Waals surface area contributed by atoms with Crippen LogP contribution in [-0.2, 0) is 9.47 Å². The average molecular weight is 373 g/mol. The van der Waals surface area contributed by atoms with Crippen LogP contribution in [0.1, 0.15) is 51.9 Å². The van der Waals surface area contributed by atoms with Crippen molar-refractivity contribution in [3.63, 3.8) is 0 Å². The van der Waals surface area contributed by atoms with Crippen LogP contribution in [0.5, 0.6) is 0 Å². The number of unbranched alkanes of at least 4 members (excludes halogenated alkanes) is 3. The van der Waals surface area contributed by atoms with Crippen molar-refractivity contribution in [3.05, 3.63) is 0 Å². The molecule has 1 fully saturated rings. The monoisotopic (exact) mass is 373 g/mol. The molecule has 0 aromatic carbocycles. The standard InChI is InChI=1S/C17H31N3O6/c1-2-3-4-5-9-18-15(21)25-13-6-10-19-16(22)26-14-7-11-20(12-8-14)17(23)24/h14H,2-13H2,1H3,(H,18,21)(H,19,22)(H,23,24). The lowest BCUT2D eigenvalue weighted by molar-refractivity contribution is 0.0509. The molecule has 0 atom stereocenters. The zero-order valence-electron chi connectivity index (χ0n) is 15.5. The number of ether oxygens (including phenoxy) is 2. The fourth-order valence-corrected chi connectivity index (χ4v) is 2.58. The number of piperidine rings is 1. The van der Waals surface area contributed by atoms with Gasteiger partial charge in [-0.3, -0.25) is 0 Å². The molecule has 150 valence electrons. The minimum Gasteiger partial charge on any atom is -0.465 e. The number of hydrogen-bond donors (Lipinski definition) is 3. The molecule has 9 nitrogen and oxygen atoms in total. The van der Waals surface area contributed by atoms with Gasteiger partial charge in [-0.25, -0.2) is 14.4 Å². The van der Waals surface area contributed by atoms with Crippen LogP contribution in [0.2, 0.25) is 0 Å². The molecular formula is C17H31N3O6. The van der Waals surface area contributed by atoms with E-state index in [4.69, 9.17) is 14.6 Å². The Balaban J connectivity index is 1.96. The van der Waals surface area contributed by atoms with Gasteiger partial charge in [0.25, 0.3) is 0 Å². The van der Waals surface area contributed by atoms with E-state index in [1.807, 2.05) is 0 Å². The number of rotatable bonds is 10. The molecule has 0 saturated carbocycles. The molecule has 1 aliphatic rings. The van der Waals surface area contributed by atoms with Crippen LogP contribution >= 0.6 is 0 Å². The molecule has 0 unspecified atom stereocenters. The van der Waals surface area contributed by atoms with Crippen LogP contribution in [0.15, 0.2) is 0 Å². The topological polar surface area (TPSA) is 117 Å². The lowest BCUT2D eigenvalue weighted by Crippen LogP contribution is -2.42. The second kappa shape index (κ2) is 13.1. The van der Waals surface area contributed by atoms with Gasteiger partial charge < -0.3 is 30.1 Å². The molecule has 0 radical (unpaired) electrons. The van der Waals surface area contributed by atoms with E-state index in [-0.39, 0.29) is 12.7 Å². The second-order valence-electron chi connectivity index (χ2n) is 6.28. The first-order valence-corrected chi connectivity index (χ1v) is 9.36. The van der Waals surface area contributed by atoms with E-state index in [2.05, 4.69) is 17.6 Å². The summed E-state index contributed by atoms with van der Waals surface area (Å²) >= 11 is 0. The van der Waals surface area contributed by atoms with E-state index in [0.717, 1.165) is 25.7 Å². The van der Waals surface area contributed by atoms with Crippen LogP contribution in [0.4, 0.5) is 14.4 Å². The van der Waals surface area contributed by atoms with Gasteiger partial charge in [0.05, 0.1) is 6.61 Å². The molecule has 0 aromatic rings. The Hall–Kier alpha value is -2.19. The number of carboxylic acid groups (broad SMARTS) is 1. The summed E-state index contributed by atoms with van der Waals surface area (Å²) in [5.74, 6) is 0. The molecule has 3 amide bonds. The van der Waals surface area contributed by atoms with Crippen molar-refractivity contribution >= 4 is 18.3 Å². The Labute approximate surface area is 154 Å². The summed E-state index contributed by atoms with van der Waals surface area (Å²) in [6.07, 6.45) is 3.68. The number of alkyl carbamates (subject to hydrolysis) is 2. The van der Waals surface area contributed by atoms with Crippen molar-refractivity contribution in [1.29, 1.82) is 0 Å². The Morgan fingerprint density at radius 3 is 2.31 bits per heavy atom. The second-order valence-corrected chi connectivity index (χ2v) is 6.28. The van der Waals surface area contributed by atoms with Crippen molar-refractivity contribution < 1.29 is 29.0 Å². The average Bonchev–Trinajstić information content (AvgIpc) is 2.61. The summed E-state index contributed by atoms with van der Waals surface area (Å²) in [6.45, 7) is 4.05. The quantitative estimate of drug-likeness (QED) is 0.507. The Morgan fingerprint density at radius 2 is 1.65 bits per heavy atom. The zero-order chi connectivity index (χ0) is 19.2. The number of carbonyl (C=O) groups is 3. The first kappa shape index (κ1) is 21.9. The SMILES string of the molecule is CCCCCCNC(=O)OCCCNC(=O)OC1CCN(C(=O)O)CC1. The van der Waals surface area contributed by atoms with Crippen molar-refractivity contribution in [3.8, 4) is 0 Å². The Morgan fingerprint density at radius 1 is 1.00 bits per heavy atom.